The van der Waals surface area contributed by atoms with Crippen LogP contribution in [-0.4, -0.2) is 76.8 Å². The number of hydrogen-bond acceptors (Lipinski definition) is 11. The zero-order valence-corrected chi connectivity index (χ0v) is 20.7. The molecule has 0 saturated carbocycles. The van der Waals surface area contributed by atoms with Gasteiger partial charge in [0.15, 0.2) is 16.5 Å². The van der Waals surface area contributed by atoms with Gasteiger partial charge in [-0.05, 0) is 6.07 Å². The van der Waals surface area contributed by atoms with E-state index in [9.17, 15) is 19.5 Å². The van der Waals surface area contributed by atoms with Crippen molar-refractivity contribution in [3.05, 3.63) is 46.8 Å². The molecule has 0 aliphatic carbocycles. The number of nitrogens with zero attached hydrogens (tertiary/aromatic N) is 7. The second kappa shape index (κ2) is 9.36. The number of aromatic nitrogens is 5. The van der Waals surface area contributed by atoms with Crippen molar-refractivity contribution >= 4 is 69.2 Å². The average Bonchev–Trinajstić information content (AvgIpc) is 3.45. The summed E-state index contributed by atoms with van der Waals surface area (Å²) >= 11 is 8.15. The third kappa shape index (κ3) is 4.12. The monoisotopic (exact) mass is 550 g/mol. The molecule has 5 heterocycles. The van der Waals surface area contributed by atoms with Gasteiger partial charge in [-0.25, -0.2) is 9.36 Å². The lowest BCUT2D eigenvalue weighted by atomic mass is 10.0. The predicted molar refractivity (Wildman–Crippen MR) is 128 cm³/mol. The summed E-state index contributed by atoms with van der Waals surface area (Å²) < 4.78 is 7.33. The number of carboxylic acids is 1. The lowest BCUT2D eigenvalue weighted by molar-refractivity contribution is -0.662. The fraction of sp³-hybridized carbons (Fsp3) is 0.263. The van der Waals surface area contributed by atoms with E-state index in [1.54, 1.807) is 29.0 Å². The van der Waals surface area contributed by atoms with Gasteiger partial charge in [0, 0.05) is 28.9 Å². The summed E-state index contributed by atoms with van der Waals surface area (Å²) in [5.74, 6) is -2.25. The molecule has 36 heavy (non-hydrogen) atoms. The number of β-lactam (4-membered cyclic amide) rings is 1. The number of nitrogens with one attached hydrogen (secondary N) is 1. The first kappa shape index (κ1) is 24.0. The Labute approximate surface area is 215 Å². The van der Waals surface area contributed by atoms with Gasteiger partial charge in [0.1, 0.15) is 37.0 Å². The molecule has 1 fully saturated rings. The largest absolute Gasteiger partial charge is 0.477 e. The fourth-order valence-electron chi connectivity index (χ4n) is 3.92. The van der Waals surface area contributed by atoms with E-state index in [-0.39, 0.29) is 28.9 Å². The number of hydrogen-bond donors (Lipinski definition) is 3. The fourth-order valence-corrected chi connectivity index (χ4v) is 5.84. The van der Waals surface area contributed by atoms with E-state index in [1.165, 1.54) is 23.8 Å². The number of carboxylic acid groups (broad SMARTS) is 1. The van der Waals surface area contributed by atoms with Crippen LogP contribution in [0, 0.1) is 0 Å². The molecule has 1 saturated heterocycles. The number of rotatable bonds is 7. The Bertz CT molecular complexity index is 1470. The summed E-state index contributed by atoms with van der Waals surface area (Å²) in [5.41, 5.74) is 6.46. The van der Waals surface area contributed by atoms with Crippen molar-refractivity contribution in [2.45, 2.75) is 18.0 Å². The van der Waals surface area contributed by atoms with Gasteiger partial charge < -0.3 is 21.0 Å². The highest BCUT2D eigenvalue weighted by Crippen LogP contribution is 2.40. The topological polar surface area (TPSA) is 181 Å². The predicted octanol–water partition coefficient (Wildman–Crippen LogP) is -0.502. The number of aliphatic carboxylic acids is 1. The number of fused-ring (bicyclic) bond motifs is 2. The van der Waals surface area contributed by atoms with Gasteiger partial charge in [-0.2, -0.15) is 9.36 Å². The number of nitrogens with two attached hydrogens (primary N) is 1. The Kier molecular flexibility index (Phi) is 6.23. The molecule has 5 rings (SSSR count). The third-order valence-corrected chi connectivity index (χ3v) is 7.52. The van der Waals surface area contributed by atoms with Crippen molar-refractivity contribution in [1.82, 2.24) is 29.2 Å². The molecule has 2 amide bonds. The quantitative estimate of drug-likeness (QED) is 0.150. The van der Waals surface area contributed by atoms with Crippen LogP contribution in [0.3, 0.4) is 0 Å². The number of imidazole rings is 1. The smallest absolute Gasteiger partial charge is 0.352 e. The Morgan fingerprint density at radius 3 is 2.94 bits per heavy atom. The van der Waals surface area contributed by atoms with Crippen LogP contribution in [0.5, 0.6) is 0 Å². The summed E-state index contributed by atoms with van der Waals surface area (Å²) in [5, 5.41) is 20.2. The van der Waals surface area contributed by atoms with Crippen LogP contribution in [-0.2, 0) is 25.8 Å². The van der Waals surface area contributed by atoms with Gasteiger partial charge in [-0.15, -0.1) is 11.8 Å². The highest BCUT2D eigenvalue weighted by molar-refractivity contribution is 8.00. The SMILES string of the molecule is CO/N=C(\C(=O)N[C@@H]1C(=O)N2C(C(=O)O)=C(C[n+]3ccn4nc(Cl)ccc43)CS[C@H]12)c1nsc(N)n1. The summed E-state index contributed by atoms with van der Waals surface area (Å²) in [6.45, 7) is 0.226. The maximum absolute atomic E-state index is 13.0. The molecular formula is C19H17ClN9O5S2+. The van der Waals surface area contributed by atoms with Crippen molar-refractivity contribution < 1.29 is 28.9 Å². The normalized spacial score (nSPS) is 19.8. The van der Waals surface area contributed by atoms with Gasteiger partial charge in [-0.1, -0.05) is 26.4 Å². The van der Waals surface area contributed by atoms with Crippen LogP contribution in [0.15, 0.2) is 41.0 Å². The van der Waals surface area contributed by atoms with Crippen LogP contribution < -0.4 is 15.6 Å². The van der Waals surface area contributed by atoms with Crippen LogP contribution in [0.2, 0.25) is 5.15 Å². The van der Waals surface area contributed by atoms with E-state index in [2.05, 4.69) is 24.9 Å². The first-order chi connectivity index (χ1) is 17.3. The molecule has 4 N–H and O–H groups in total. The van der Waals surface area contributed by atoms with Gasteiger partial charge in [0.25, 0.3) is 11.8 Å². The Morgan fingerprint density at radius 1 is 1.44 bits per heavy atom. The zero-order chi connectivity index (χ0) is 25.6. The number of anilines is 1. The van der Waals surface area contributed by atoms with E-state index < -0.39 is 29.2 Å². The number of carbonyl (C=O) groups is 3. The van der Waals surface area contributed by atoms with E-state index in [1.807, 2.05) is 4.57 Å². The van der Waals surface area contributed by atoms with Gasteiger partial charge in [0.2, 0.25) is 11.5 Å². The van der Waals surface area contributed by atoms with E-state index in [4.69, 9.17) is 22.2 Å². The average molecular weight is 551 g/mol. The van der Waals surface area contributed by atoms with E-state index in [0.29, 0.717) is 22.1 Å². The third-order valence-electron chi connectivity index (χ3n) is 5.44. The molecule has 2 aliphatic rings. The molecule has 17 heteroatoms. The minimum atomic E-state index is -1.23. The minimum Gasteiger partial charge on any atom is -0.477 e. The minimum absolute atomic E-state index is 0.0437. The number of oxime groups is 1. The summed E-state index contributed by atoms with van der Waals surface area (Å²) in [6.07, 6.45) is 3.45. The lowest BCUT2D eigenvalue weighted by Crippen LogP contribution is -2.71. The van der Waals surface area contributed by atoms with Crippen LogP contribution in [0.4, 0.5) is 5.13 Å². The molecule has 0 radical (unpaired) electrons. The number of amides is 2. The highest BCUT2D eigenvalue weighted by atomic mass is 35.5. The Morgan fingerprint density at radius 2 is 2.25 bits per heavy atom. The van der Waals surface area contributed by atoms with Crippen molar-refractivity contribution in [1.29, 1.82) is 0 Å². The number of thioether (sulfide) groups is 1. The molecule has 0 spiro atoms. The van der Waals surface area contributed by atoms with Gasteiger partial charge in [0.05, 0.1) is 0 Å². The summed E-state index contributed by atoms with van der Waals surface area (Å²) in [4.78, 5) is 47.9. The molecule has 14 nitrogen and oxygen atoms in total. The molecule has 0 unspecified atom stereocenters. The van der Waals surface area contributed by atoms with Crippen LogP contribution in [0.1, 0.15) is 5.82 Å². The molecule has 0 bridgehead atoms. The second-order valence-electron chi connectivity index (χ2n) is 7.58. The standard InChI is InChI=1S/C19H16ClN9O5S2/c1-34-25-11(14-23-19(21)36-26-14)15(30)22-12-16(31)29-13(18(32)33)8(7-35-17(12)29)6-27-4-5-28-10(27)3-2-9(20)24-28/h2-5,12,17H,6-7H2,1H3,(H3-,21,22,23,26,30,32,33)/p+1/b25-11-/t12-,17-/m1/s1. The second-order valence-corrected chi connectivity index (χ2v) is 9.86. The molecule has 3 aromatic rings. The number of nitrogen functional groups attached to an aromatic ring is 1. The molecule has 3 aromatic heterocycles. The maximum Gasteiger partial charge on any atom is 0.352 e. The summed E-state index contributed by atoms with van der Waals surface area (Å²) in [6, 6.07) is 2.43. The highest BCUT2D eigenvalue weighted by Gasteiger charge is 2.54. The zero-order valence-electron chi connectivity index (χ0n) is 18.4. The van der Waals surface area contributed by atoms with E-state index in [0.717, 1.165) is 11.5 Å². The number of halogens is 1. The van der Waals surface area contributed by atoms with Crippen LogP contribution >= 0.6 is 34.9 Å². The van der Waals surface area contributed by atoms with Crippen molar-refractivity contribution in [3.8, 4) is 0 Å². The first-order valence-corrected chi connectivity index (χ1v) is 12.4. The number of carbonyl (C=O) groups excluding carboxylic acids is 2. The summed E-state index contributed by atoms with van der Waals surface area (Å²) in [7, 11) is 1.25. The molecule has 0 aromatic carbocycles. The molecular weight excluding hydrogens is 534 g/mol. The van der Waals surface area contributed by atoms with Gasteiger partial charge >= 0.3 is 11.6 Å². The van der Waals surface area contributed by atoms with Crippen molar-refractivity contribution in [3.63, 3.8) is 0 Å². The van der Waals surface area contributed by atoms with Gasteiger partial charge in [-0.3, -0.25) is 14.5 Å². The first-order valence-electron chi connectivity index (χ1n) is 10.2. The molecule has 2 aliphatic heterocycles. The molecule has 2 atom stereocenters. The van der Waals surface area contributed by atoms with Crippen molar-refractivity contribution in [2.24, 2.45) is 5.16 Å². The lowest BCUT2D eigenvalue weighted by Gasteiger charge is -2.49. The molecule has 186 valence electrons. The van der Waals surface area contributed by atoms with E-state index >= 15 is 0 Å². The van der Waals surface area contributed by atoms with Crippen LogP contribution in [0.25, 0.3) is 5.65 Å². The van der Waals surface area contributed by atoms with Crippen molar-refractivity contribution in [2.75, 3.05) is 18.6 Å². The Hall–Kier alpha value is -3.76. The maximum atomic E-state index is 13.0. The Balaban J connectivity index is 1.37.